The lowest BCUT2D eigenvalue weighted by molar-refractivity contribution is -0.150. The lowest BCUT2D eigenvalue weighted by Gasteiger charge is -2.27. The Morgan fingerprint density at radius 3 is 2.50 bits per heavy atom. The largest absolute Gasteiger partial charge is 0.465 e. The van der Waals surface area contributed by atoms with Gasteiger partial charge in [-0.2, -0.15) is 0 Å². The van der Waals surface area contributed by atoms with Gasteiger partial charge in [-0.1, -0.05) is 0 Å². The van der Waals surface area contributed by atoms with Crippen LogP contribution in [0.4, 0.5) is 0 Å². The molecule has 1 aliphatic heterocycles. The average Bonchev–Trinajstić information content (AvgIpc) is 2.27. The molecule has 0 aromatic heterocycles. The maximum atomic E-state index is 11.8. The number of nitrogens with zero attached hydrogens (tertiary/aromatic N) is 1. The summed E-state index contributed by atoms with van der Waals surface area (Å²) in [5, 5.41) is 9.54. The molecule has 0 amide bonds. The summed E-state index contributed by atoms with van der Waals surface area (Å²) in [5.74, 6) is 0.0573. The number of aliphatic hydroxyl groups is 1. The number of piperidine rings is 1. The molecule has 0 aromatic rings. The van der Waals surface area contributed by atoms with Crippen molar-refractivity contribution in [2.45, 2.75) is 51.6 Å². The standard InChI is InChI=1S/C14H27NO3/c1-14(2,17)8-4-5-11-18-13(16)12-6-9-15(3)10-7-12/h12,17H,4-11H2,1-3H3. The lowest BCUT2D eigenvalue weighted by Crippen LogP contribution is -2.34. The summed E-state index contributed by atoms with van der Waals surface area (Å²) in [6.07, 6.45) is 4.31. The van der Waals surface area contributed by atoms with Crippen molar-refractivity contribution >= 4 is 5.97 Å². The molecule has 18 heavy (non-hydrogen) atoms. The van der Waals surface area contributed by atoms with Gasteiger partial charge in [-0.3, -0.25) is 4.79 Å². The highest BCUT2D eigenvalue weighted by molar-refractivity contribution is 5.72. The Morgan fingerprint density at radius 1 is 1.33 bits per heavy atom. The van der Waals surface area contributed by atoms with E-state index < -0.39 is 5.60 Å². The Labute approximate surface area is 110 Å². The van der Waals surface area contributed by atoms with Crippen molar-refractivity contribution in [2.75, 3.05) is 26.7 Å². The van der Waals surface area contributed by atoms with Gasteiger partial charge in [0.15, 0.2) is 0 Å². The SMILES string of the molecule is CN1CCC(C(=O)OCCCCC(C)(C)O)CC1. The van der Waals surface area contributed by atoms with E-state index in [1.807, 2.05) is 0 Å². The van der Waals surface area contributed by atoms with Crippen LogP contribution in [-0.2, 0) is 9.53 Å². The van der Waals surface area contributed by atoms with Crippen LogP contribution < -0.4 is 0 Å². The summed E-state index contributed by atoms with van der Waals surface area (Å²) < 4.78 is 5.29. The van der Waals surface area contributed by atoms with Gasteiger partial charge in [0.2, 0.25) is 0 Å². The van der Waals surface area contributed by atoms with Crippen LogP contribution in [0.25, 0.3) is 0 Å². The zero-order chi connectivity index (χ0) is 13.6. The monoisotopic (exact) mass is 257 g/mol. The summed E-state index contributed by atoms with van der Waals surface area (Å²) >= 11 is 0. The van der Waals surface area contributed by atoms with Crippen LogP contribution in [0.5, 0.6) is 0 Å². The summed E-state index contributed by atoms with van der Waals surface area (Å²) in [6.45, 7) is 6.06. The first-order chi connectivity index (χ1) is 8.38. The second-order valence-electron chi connectivity index (χ2n) is 6.01. The Kier molecular flexibility index (Phi) is 6.09. The average molecular weight is 257 g/mol. The van der Waals surface area contributed by atoms with Gasteiger partial charge in [-0.25, -0.2) is 0 Å². The molecule has 0 spiro atoms. The van der Waals surface area contributed by atoms with Crippen molar-refractivity contribution in [1.82, 2.24) is 4.90 Å². The second-order valence-corrected chi connectivity index (χ2v) is 6.01. The van der Waals surface area contributed by atoms with Crippen molar-refractivity contribution in [2.24, 2.45) is 5.92 Å². The molecular formula is C14H27NO3. The van der Waals surface area contributed by atoms with Crippen molar-refractivity contribution in [3.05, 3.63) is 0 Å². The third-order valence-electron chi connectivity index (χ3n) is 3.48. The molecule has 0 bridgehead atoms. The minimum atomic E-state index is -0.613. The maximum absolute atomic E-state index is 11.8. The Balaban J connectivity index is 2.07. The zero-order valence-electron chi connectivity index (χ0n) is 11.9. The number of rotatable bonds is 6. The second kappa shape index (κ2) is 7.10. The molecule has 1 aliphatic rings. The van der Waals surface area contributed by atoms with Gasteiger partial charge in [0, 0.05) is 0 Å². The van der Waals surface area contributed by atoms with Crippen molar-refractivity contribution in [1.29, 1.82) is 0 Å². The number of hydrogen-bond donors (Lipinski definition) is 1. The summed E-state index contributed by atoms with van der Waals surface area (Å²) in [6, 6.07) is 0. The highest BCUT2D eigenvalue weighted by atomic mass is 16.5. The fraction of sp³-hybridized carbons (Fsp3) is 0.929. The van der Waals surface area contributed by atoms with Crippen LogP contribution in [0.2, 0.25) is 0 Å². The molecule has 1 heterocycles. The minimum Gasteiger partial charge on any atom is -0.465 e. The fourth-order valence-electron chi connectivity index (χ4n) is 2.19. The smallest absolute Gasteiger partial charge is 0.309 e. The van der Waals surface area contributed by atoms with Gasteiger partial charge in [0.25, 0.3) is 0 Å². The number of likely N-dealkylation sites (tertiary alicyclic amines) is 1. The van der Waals surface area contributed by atoms with Gasteiger partial charge >= 0.3 is 5.97 Å². The third kappa shape index (κ3) is 6.36. The van der Waals surface area contributed by atoms with Crippen LogP contribution in [0.1, 0.15) is 46.0 Å². The van der Waals surface area contributed by atoms with Crippen LogP contribution in [0.3, 0.4) is 0 Å². The Hall–Kier alpha value is -0.610. The number of carbonyl (C=O) groups excluding carboxylic acids is 1. The highest BCUT2D eigenvalue weighted by Crippen LogP contribution is 2.18. The molecule has 1 fully saturated rings. The quantitative estimate of drug-likeness (QED) is 0.582. The van der Waals surface area contributed by atoms with E-state index in [-0.39, 0.29) is 11.9 Å². The first-order valence-electron chi connectivity index (χ1n) is 6.96. The van der Waals surface area contributed by atoms with E-state index in [0.717, 1.165) is 45.2 Å². The first kappa shape index (κ1) is 15.4. The molecule has 1 saturated heterocycles. The van der Waals surface area contributed by atoms with E-state index in [1.165, 1.54) is 0 Å². The van der Waals surface area contributed by atoms with Crippen molar-refractivity contribution in [3.8, 4) is 0 Å². The predicted molar refractivity (Wildman–Crippen MR) is 71.3 cm³/mol. The van der Waals surface area contributed by atoms with Crippen LogP contribution in [0, 0.1) is 5.92 Å². The predicted octanol–water partition coefficient (Wildman–Crippen LogP) is 1.81. The molecule has 4 nitrogen and oxygen atoms in total. The topological polar surface area (TPSA) is 49.8 Å². The van der Waals surface area contributed by atoms with E-state index in [2.05, 4.69) is 11.9 Å². The summed E-state index contributed by atoms with van der Waals surface area (Å²) in [5.41, 5.74) is -0.613. The van der Waals surface area contributed by atoms with Gasteiger partial charge in [0.1, 0.15) is 0 Å². The molecule has 1 rings (SSSR count). The number of carbonyl (C=O) groups is 1. The lowest BCUT2D eigenvalue weighted by atomic mass is 9.97. The van der Waals surface area contributed by atoms with Crippen LogP contribution >= 0.6 is 0 Å². The van der Waals surface area contributed by atoms with Crippen LogP contribution in [0.15, 0.2) is 0 Å². The summed E-state index contributed by atoms with van der Waals surface area (Å²) in [7, 11) is 2.08. The number of hydrogen-bond acceptors (Lipinski definition) is 4. The van der Waals surface area contributed by atoms with Crippen molar-refractivity contribution < 1.29 is 14.6 Å². The van der Waals surface area contributed by atoms with E-state index in [4.69, 9.17) is 4.74 Å². The van der Waals surface area contributed by atoms with Crippen molar-refractivity contribution in [3.63, 3.8) is 0 Å². The molecule has 0 atom stereocenters. The molecule has 0 aromatic carbocycles. The zero-order valence-corrected chi connectivity index (χ0v) is 11.9. The molecule has 4 heteroatoms. The Bertz CT molecular complexity index is 252. The van der Waals surface area contributed by atoms with E-state index in [1.54, 1.807) is 13.8 Å². The first-order valence-corrected chi connectivity index (χ1v) is 6.96. The number of unbranched alkanes of at least 4 members (excludes halogenated alkanes) is 1. The van der Waals surface area contributed by atoms with Gasteiger partial charge in [-0.05, 0) is 66.1 Å². The minimum absolute atomic E-state index is 0.0358. The van der Waals surface area contributed by atoms with Crippen LogP contribution in [-0.4, -0.2) is 48.3 Å². The molecule has 106 valence electrons. The molecule has 0 unspecified atom stereocenters. The molecule has 0 saturated carbocycles. The molecule has 0 radical (unpaired) electrons. The summed E-state index contributed by atoms with van der Waals surface area (Å²) in [4.78, 5) is 14.0. The highest BCUT2D eigenvalue weighted by Gasteiger charge is 2.24. The fourth-order valence-corrected chi connectivity index (χ4v) is 2.19. The number of esters is 1. The van der Waals surface area contributed by atoms with Gasteiger partial charge < -0.3 is 14.7 Å². The normalized spacial score (nSPS) is 18.9. The third-order valence-corrected chi connectivity index (χ3v) is 3.48. The van der Waals surface area contributed by atoms with E-state index in [9.17, 15) is 9.90 Å². The van der Waals surface area contributed by atoms with E-state index >= 15 is 0 Å². The van der Waals surface area contributed by atoms with Gasteiger partial charge in [-0.15, -0.1) is 0 Å². The maximum Gasteiger partial charge on any atom is 0.309 e. The van der Waals surface area contributed by atoms with Gasteiger partial charge in [0.05, 0.1) is 18.1 Å². The molecule has 0 aliphatic carbocycles. The number of ether oxygens (including phenoxy) is 1. The Morgan fingerprint density at radius 2 is 1.94 bits per heavy atom. The molecular weight excluding hydrogens is 230 g/mol. The molecule has 1 N–H and O–H groups in total. The van der Waals surface area contributed by atoms with E-state index in [0.29, 0.717) is 6.61 Å².